The Bertz CT molecular complexity index is 383. The maximum atomic E-state index is 12.6. The van der Waals surface area contributed by atoms with Crippen molar-refractivity contribution in [2.24, 2.45) is 11.8 Å². The first-order valence-corrected chi connectivity index (χ1v) is 8.97. The van der Waals surface area contributed by atoms with E-state index in [1.54, 1.807) is 0 Å². The number of ketones is 1. The summed E-state index contributed by atoms with van der Waals surface area (Å²) < 4.78 is 0. The Balaban J connectivity index is 4.31. The SMILES string of the molecule is CCCC(CCCCC(C)C(=O)C(C)(C)NC(C)(C)C)C(=O)O. The molecule has 0 saturated heterocycles. The fraction of sp³-hybridized carbons (Fsp3) is 0.895. The summed E-state index contributed by atoms with van der Waals surface area (Å²) >= 11 is 0. The number of nitrogens with one attached hydrogen (secondary N) is 1. The second kappa shape index (κ2) is 9.41. The molecule has 23 heavy (non-hydrogen) atoms. The fourth-order valence-electron chi connectivity index (χ4n) is 3.33. The van der Waals surface area contributed by atoms with Gasteiger partial charge < -0.3 is 10.4 Å². The van der Waals surface area contributed by atoms with E-state index >= 15 is 0 Å². The van der Waals surface area contributed by atoms with Crippen LogP contribution >= 0.6 is 0 Å². The average molecular weight is 328 g/mol. The Hall–Kier alpha value is -0.900. The summed E-state index contributed by atoms with van der Waals surface area (Å²) in [6, 6.07) is 0. The zero-order valence-electron chi connectivity index (χ0n) is 16.2. The first kappa shape index (κ1) is 22.1. The molecule has 4 heteroatoms. The van der Waals surface area contributed by atoms with E-state index in [0.717, 1.165) is 32.1 Å². The molecular weight excluding hydrogens is 290 g/mol. The lowest BCUT2D eigenvalue weighted by atomic mass is 9.84. The molecule has 0 aromatic carbocycles. The monoisotopic (exact) mass is 327 g/mol. The van der Waals surface area contributed by atoms with Crippen molar-refractivity contribution < 1.29 is 14.7 Å². The van der Waals surface area contributed by atoms with Gasteiger partial charge in [-0.1, -0.05) is 33.1 Å². The molecule has 4 nitrogen and oxygen atoms in total. The maximum Gasteiger partial charge on any atom is 0.306 e. The summed E-state index contributed by atoms with van der Waals surface area (Å²) in [4.78, 5) is 23.8. The summed E-state index contributed by atoms with van der Waals surface area (Å²) in [5.74, 6) is -0.693. The van der Waals surface area contributed by atoms with Crippen LogP contribution in [0.3, 0.4) is 0 Å². The lowest BCUT2D eigenvalue weighted by molar-refractivity contribution is -0.142. The standard InChI is InChI=1S/C19H37NO3/c1-8-11-15(17(22)23)13-10-9-12-14(2)16(21)19(6,7)20-18(3,4)5/h14-15,20H,8-13H2,1-7H3,(H,22,23). The molecule has 2 unspecified atom stereocenters. The maximum absolute atomic E-state index is 12.6. The van der Waals surface area contributed by atoms with Crippen LogP contribution in [0.1, 0.15) is 87.0 Å². The Morgan fingerprint density at radius 2 is 1.52 bits per heavy atom. The minimum atomic E-state index is -0.688. The Morgan fingerprint density at radius 1 is 1.00 bits per heavy atom. The van der Waals surface area contributed by atoms with Crippen molar-refractivity contribution in [1.29, 1.82) is 0 Å². The molecule has 0 bridgehead atoms. The highest BCUT2D eigenvalue weighted by Gasteiger charge is 2.34. The van der Waals surface area contributed by atoms with Gasteiger partial charge in [-0.2, -0.15) is 0 Å². The first-order valence-electron chi connectivity index (χ1n) is 8.97. The van der Waals surface area contributed by atoms with Gasteiger partial charge in [-0.25, -0.2) is 0 Å². The average Bonchev–Trinajstić information content (AvgIpc) is 2.38. The number of unbranched alkanes of at least 4 members (excludes halogenated alkanes) is 1. The third-order valence-electron chi connectivity index (χ3n) is 4.18. The van der Waals surface area contributed by atoms with E-state index in [9.17, 15) is 9.59 Å². The van der Waals surface area contributed by atoms with E-state index in [1.165, 1.54) is 0 Å². The van der Waals surface area contributed by atoms with Gasteiger partial charge in [-0.15, -0.1) is 0 Å². The second-order valence-corrected chi connectivity index (χ2v) is 8.37. The molecule has 136 valence electrons. The van der Waals surface area contributed by atoms with Crippen LogP contribution in [-0.4, -0.2) is 27.9 Å². The second-order valence-electron chi connectivity index (χ2n) is 8.37. The molecule has 0 amide bonds. The molecule has 0 heterocycles. The lowest BCUT2D eigenvalue weighted by Crippen LogP contribution is -2.56. The predicted octanol–water partition coefficient (Wildman–Crippen LogP) is 4.42. The van der Waals surface area contributed by atoms with Crippen molar-refractivity contribution in [3.63, 3.8) is 0 Å². The van der Waals surface area contributed by atoms with Crippen molar-refractivity contribution in [2.75, 3.05) is 0 Å². The molecule has 0 aromatic heterocycles. The summed E-state index contributed by atoms with van der Waals surface area (Å²) in [5.41, 5.74) is -0.642. The number of hydrogen-bond donors (Lipinski definition) is 2. The van der Waals surface area contributed by atoms with Gasteiger partial charge in [0.05, 0.1) is 11.5 Å². The van der Waals surface area contributed by atoms with Crippen LogP contribution < -0.4 is 5.32 Å². The van der Waals surface area contributed by atoms with E-state index in [0.29, 0.717) is 6.42 Å². The van der Waals surface area contributed by atoms with Crippen molar-refractivity contribution >= 4 is 11.8 Å². The van der Waals surface area contributed by atoms with Crippen LogP contribution in [0, 0.1) is 11.8 Å². The fourth-order valence-corrected chi connectivity index (χ4v) is 3.33. The van der Waals surface area contributed by atoms with Gasteiger partial charge in [-0.3, -0.25) is 9.59 Å². The number of aliphatic carboxylic acids is 1. The molecular formula is C19H37NO3. The molecule has 0 aromatic rings. The summed E-state index contributed by atoms with van der Waals surface area (Å²) in [7, 11) is 0. The number of rotatable bonds is 11. The largest absolute Gasteiger partial charge is 0.481 e. The molecule has 0 rings (SSSR count). The van der Waals surface area contributed by atoms with Gasteiger partial charge in [0.15, 0.2) is 5.78 Å². The van der Waals surface area contributed by atoms with Gasteiger partial charge >= 0.3 is 5.97 Å². The van der Waals surface area contributed by atoms with Gasteiger partial charge in [-0.05, 0) is 53.9 Å². The molecule has 0 fully saturated rings. The van der Waals surface area contributed by atoms with Gasteiger partial charge in [0.1, 0.15) is 0 Å². The quantitative estimate of drug-likeness (QED) is 0.551. The third-order valence-corrected chi connectivity index (χ3v) is 4.18. The highest BCUT2D eigenvalue weighted by Crippen LogP contribution is 2.22. The van der Waals surface area contributed by atoms with Gasteiger partial charge in [0.25, 0.3) is 0 Å². The molecule has 2 atom stereocenters. The lowest BCUT2D eigenvalue weighted by Gasteiger charge is -2.35. The molecule has 2 N–H and O–H groups in total. The van der Waals surface area contributed by atoms with Crippen LogP contribution in [0.5, 0.6) is 0 Å². The van der Waals surface area contributed by atoms with Crippen LogP contribution in [0.15, 0.2) is 0 Å². The molecule has 0 aliphatic rings. The summed E-state index contributed by atoms with van der Waals surface area (Å²) in [6.07, 6.45) is 4.97. The van der Waals surface area contributed by atoms with Crippen LogP contribution in [0.4, 0.5) is 0 Å². The molecule has 0 saturated carbocycles. The Labute approximate surface area is 142 Å². The number of Topliss-reactive ketones (excluding diaryl/α,β-unsaturated/α-hetero) is 1. The molecule has 0 aliphatic carbocycles. The van der Waals surface area contributed by atoms with Crippen LogP contribution in [0.2, 0.25) is 0 Å². The zero-order chi connectivity index (χ0) is 18.3. The highest BCUT2D eigenvalue weighted by atomic mass is 16.4. The van der Waals surface area contributed by atoms with E-state index < -0.39 is 11.5 Å². The zero-order valence-corrected chi connectivity index (χ0v) is 16.2. The van der Waals surface area contributed by atoms with E-state index in [2.05, 4.69) is 26.1 Å². The van der Waals surface area contributed by atoms with Crippen LogP contribution in [0.25, 0.3) is 0 Å². The van der Waals surface area contributed by atoms with Crippen molar-refractivity contribution in [1.82, 2.24) is 5.32 Å². The summed E-state index contributed by atoms with van der Waals surface area (Å²) in [6.45, 7) is 14.1. The van der Waals surface area contributed by atoms with Crippen LogP contribution in [-0.2, 0) is 9.59 Å². The number of carbonyl (C=O) groups excluding carboxylic acids is 1. The minimum absolute atomic E-state index is 0.00527. The predicted molar refractivity (Wildman–Crippen MR) is 95.6 cm³/mol. The number of carboxylic acids is 1. The van der Waals surface area contributed by atoms with Gasteiger partial charge in [0, 0.05) is 11.5 Å². The van der Waals surface area contributed by atoms with Crippen molar-refractivity contribution in [3.05, 3.63) is 0 Å². The van der Waals surface area contributed by atoms with E-state index in [1.807, 2.05) is 27.7 Å². The third kappa shape index (κ3) is 9.09. The highest BCUT2D eigenvalue weighted by molar-refractivity contribution is 5.89. The first-order chi connectivity index (χ1) is 10.4. The number of carbonyl (C=O) groups is 2. The van der Waals surface area contributed by atoms with Gasteiger partial charge in [0.2, 0.25) is 0 Å². The Kier molecular flexibility index (Phi) is 9.04. The summed E-state index contributed by atoms with van der Waals surface area (Å²) in [5, 5.41) is 12.5. The number of carboxylic acid groups (broad SMARTS) is 1. The van der Waals surface area contributed by atoms with Crippen molar-refractivity contribution in [2.45, 2.75) is 98.1 Å². The van der Waals surface area contributed by atoms with E-state index in [-0.39, 0.29) is 23.2 Å². The smallest absolute Gasteiger partial charge is 0.306 e. The molecule has 0 radical (unpaired) electrons. The normalized spacial score (nSPS) is 15.3. The topological polar surface area (TPSA) is 66.4 Å². The van der Waals surface area contributed by atoms with E-state index in [4.69, 9.17) is 5.11 Å². The molecule has 0 aliphatic heterocycles. The van der Waals surface area contributed by atoms with Crippen molar-refractivity contribution in [3.8, 4) is 0 Å². The Morgan fingerprint density at radius 3 is 1.96 bits per heavy atom. The minimum Gasteiger partial charge on any atom is -0.481 e. The molecule has 0 spiro atoms. The number of hydrogen-bond acceptors (Lipinski definition) is 3.